The molecule has 1 N–H and O–H groups in total. The maximum absolute atomic E-state index is 9.24. The molecule has 0 atom stereocenters. The van der Waals surface area contributed by atoms with Gasteiger partial charge in [0, 0.05) is 5.56 Å². The number of hydrogen-bond acceptors (Lipinski definition) is 3. The van der Waals surface area contributed by atoms with Crippen molar-refractivity contribution in [2.24, 2.45) is 0 Å². The minimum absolute atomic E-state index is 0.259. The van der Waals surface area contributed by atoms with E-state index in [-0.39, 0.29) is 5.75 Å². The Morgan fingerprint density at radius 3 is 2.62 bits per heavy atom. The van der Waals surface area contributed by atoms with Gasteiger partial charge in [0.2, 0.25) is 0 Å². The molecule has 1 aromatic carbocycles. The summed E-state index contributed by atoms with van der Waals surface area (Å²) in [6, 6.07) is 8.89. The van der Waals surface area contributed by atoms with Crippen molar-refractivity contribution in [3.63, 3.8) is 0 Å². The first-order valence-corrected chi connectivity index (χ1v) is 3.92. The molecule has 1 aromatic heterocycles. The molecule has 0 saturated heterocycles. The topological polar surface area (TPSA) is 46.0 Å². The fourth-order valence-electron chi connectivity index (χ4n) is 1.15. The Kier molecular flexibility index (Phi) is 1.92. The second-order valence-corrected chi connectivity index (χ2v) is 2.68. The quantitative estimate of drug-likeness (QED) is 0.714. The van der Waals surface area contributed by atoms with Gasteiger partial charge in [0.25, 0.3) is 0 Å². The van der Waals surface area contributed by atoms with Crippen LogP contribution in [0.1, 0.15) is 0 Å². The van der Waals surface area contributed by atoms with Crippen molar-refractivity contribution in [2.75, 3.05) is 0 Å². The lowest BCUT2D eigenvalue weighted by atomic mass is 10.1. The molecule has 0 saturated carbocycles. The van der Waals surface area contributed by atoms with Crippen molar-refractivity contribution in [1.82, 2.24) is 10.2 Å². The van der Waals surface area contributed by atoms with Crippen LogP contribution in [-0.2, 0) is 0 Å². The van der Waals surface area contributed by atoms with Gasteiger partial charge in [-0.15, -0.1) is 0 Å². The van der Waals surface area contributed by atoms with Gasteiger partial charge < -0.3 is 5.11 Å². The van der Waals surface area contributed by atoms with E-state index in [0.717, 1.165) is 11.1 Å². The summed E-state index contributed by atoms with van der Waals surface area (Å²) >= 11 is 0. The number of nitrogens with zero attached hydrogens (tertiary/aromatic N) is 2. The fourth-order valence-corrected chi connectivity index (χ4v) is 1.15. The Morgan fingerprint density at radius 1 is 1.00 bits per heavy atom. The van der Waals surface area contributed by atoms with Crippen LogP contribution in [0.2, 0.25) is 0 Å². The molecular weight excluding hydrogens is 164 g/mol. The molecule has 2 aromatic rings. The molecule has 0 aliphatic heterocycles. The monoisotopic (exact) mass is 172 g/mol. The zero-order valence-electron chi connectivity index (χ0n) is 6.88. The van der Waals surface area contributed by atoms with Crippen molar-refractivity contribution in [2.45, 2.75) is 0 Å². The van der Waals surface area contributed by atoms with Crippen LogP contribution in [0.3, 0.4) is 0 Å². The van der Waals surface area contributed by atoms with Gasteiger partial charge in [-0.25, -0.2) is 0 Å². The molecule has 13 heavy (non-hydrogen) atoms. The number of benzene rings is 1. The number of rotatable bonds is 1. The van der Waals surface area contributed by atoms with Gasteiger partial charge in [-0.1, -0.05) is 12.1 Å². The predicted octanol–water partition coefficient (Wildman–Crippen LogP) is 1.85. The first kappa shape index (κ1) is 7.73. The van der Waals surface area contributed by atoms with E-state index in [2.05, 4.69) is 10.2 Å². The van der Waals surface area contributed by atoms with Crippen LogP contribution in [0, 0.1) is 0 Å². The fraction of sp³-hybridized carbons (Fsp3) is 0. The third-order valence-corrected chi connectivity index (χ3v) is 1.76. The maximum Gasteiger partial charge on any atom is 0.116 e. The summed E-state index contributed by atoms with van der Waals surface area (Å²) in [5.74, 6) is 0.259. The Morgan fingerprint density at radius 2 is 1.92 bits per heavy atom. The summed E-state index contributed by atoms with van der Waals surface area (Å²) < 4.78 is 0. The normalized spacial score (nSPS) is 9.85. The van der Waals surface area contributed by atoms with E-state index >= 15 is 0 Å². The number of aromatic nitrogens is 2. The molecule has 3 heteroatoms. The number of phenols is 1. The number of aromatic hydroxyl groups is 1. The molecule has 0 unspecified atom stereocenters. The van der Waals surface area contributed by atoms with Crippen LogP contribution < -0.4 is 0 Å². The van der Waals surface area contributed by atoms with Crippen molar-refractivity contribution >= 4 is 0 Å². The molecule has 0 fully saturated rings. The molecular formula is C10H8N2O. The van der Waals surface area contributed by atoms with Crippen molar-refractivity contribution in [1.29, 1.82) is 0 Å². The minimum atomic E-state index is 0.259. The highest BCUT2D eigenvalue weighted by molar-refractivity contribution is 5.63. The van der Waals surface area contributed by atoms with Crippen LogP contribution in [0.25, 0.3) is 11.1 Å². The van der Waals surface area contributed by atoms with Gasteiger partial charge in [-0.2, -0.15) is 10.2 Å². The Labute approximate surface area is 75.7 Å². The summed E-state index contributed by atoms with van der Waals surface area (Å²) in [5.41, 5.74) is 1.89. The SMILES string of the molecule is Oc1cccc(-c2ccnnc2)c1. The van der Waals surface area contributed by atoms with E-state index in [9.17, 15) is 5.11 Å². The molecule has 1 heterocycles. The molecule has 0 radical (unpaired) electrons. The third-order valence-electron chi connectivity index (χ3n) is 1.76. The summed E-state index contributed by atoms with van der Waals surface area (Å²) in [5, 5.41) is 16.7. The van der Waals surface area contributed by atoms with Crippen LogP contribution in [0.15, 0.2) is 42.7 Å². The number of phenolic OH excluding ortho intramolecular Hbond substituents is 1. The van der Waals surface area contributed by atoms with Crippen molar-refractivity contribution < 1.29 is 5.11 Å². The zero-order chi connectivity index (χ0) is 9.10. The highest BCUT2D eigenvalue weighted by Gasteiger charge is 1.97. The first-order chi connectivity index (χ1) is 6.36. The van der Waals surface area contributed by atoms with Gasteiger partial charge in [0.1, 0.15) is 5.75 Å². The largest absolute Gasteiger partial charge is 0.508 e. The average Bonchev–Trinajstić information content (AvgIpc) is 2.19. The molecule has 2 rings (SSSR count). The highest BCUT2D eigenvalue weighted by Crippen LogP contribution is 2.21. The van der Waals surface area contributed by atoms with Gasteiger partial charge in [0.15, 0.2) is 0 Å². The van der Waals surface area contributed by atoms with Gasteiger partial charge in [-0.05, 0) is 23.8 Å². The van der Waals surface area contributed by atoms with Crippen LogP contribution in [0.5, 0.6) is 5.75 Å². The maximum atomic E-state index is 9.24. The lowest BCUT2D eigenvalue weighted by Gasteiger charge is -1.99. The van der Waals surface area contributed by atoms with Gasteiger partial charge >= 0.3 is 0 Å². The van der Waals surface area contributed by atoms with Gasteiger partial charge in [0.05, 0.1) is 12.4 Å². The molecule has 64 valence electrons. The average molecular weight is 172 g/mol. The van der Waals surface area contributed by atoms with E-state index in [4.69, 9.17) is 0 Å². The van der Waals surface area contributed by atoms with E-state index in [0.29, 0.717) is 0 Å². The summed E-state index contributed by atoms with van der Waals surface area (Å²) in [7, 11) is 0. The predicted molar refractivity (Wildman–Crippen MR) is 49.1 cm³/mol. The smallest absolute Gasteiger partial charge is 0.116 e. The van der Waals surface area contributed by atoms with E-state index in [1.807, 2.05) is 12.1 Å². The van der Waals surface area contributed by atoms with E-state index in [1.54, 1.807) is 30.6 Å². The molecule has 0 spiro atoms. The first-order valence-electron chi connectivity index (χ1n) is 3.92. The standard InChI is InChI=1S/C10H8N2O/c13-10-3-1-2-8(6-10)9-4-5-11-12-7-9/h1-7,13H. The van der Waals surface area contributed by atoms with E-state index in [1.165, 1.54) is 0 Å². The lowest BCUT2D eigenvalue weighted by molar-refractivity contribution is 0.475. The van der Waals surface area contributed by atoms with Gasteiger partial charge in [-0.3, -0.25) is 0 Å². The Balaban J connectivity index is 2.48. The Hall–Kier alpha value is -1.90. The highest BCUT2D eigenvalue weighted by atomic mass is 16.3. The zero-order valence-corrected chi connectivity index (χ0v) is 6.88. The Bertz CT molecular complexity index is 401. The summed E-state index contributed by atoms with van der Waals surface area (Å²) in [4.78, 5) is 0. The molecule has 0 aliphatic carbocycles. The van der Waals surface area contributed by atoms with Crippen LogP contribution in [-0.4, -0.2) is 15.3 Å². The molecule has 0 amide bonds. The second-order valence-electron chi connectivity index (χ2n) is 2.68. The second kappa shape index (κ2) is 3.23. The van der Waals surface area contributed by atoms with Crippen molar-refractivity contribution in [3.8, 4) is 16.9 Å². The number of hydrogen-bond donors (Lipinski definition) is 1. The van der Waals surface area contributed by atoms with Crippen LogP contribution >= 0.6 is 0 Å². The molecule has 3 nitrogen and oxygen atoms in total. The lowest BCUT2D eigenvalue weighted by Crippen LogP contribution is -1.81. The minimum Gasteiger partial charge on any atom is -0.508 e. The summed E-state index contributed by atoms with van der Waals surface area (Å²) in [6.45, 7) is 0. The summed E-state index contributed by atoms with van der Waals surface area (Å²) in [6.07, 6.45) is 3.29. The molecule has 0 bridgehead atoms. The van der Waals surface area contributed by atoms with Crippen molar-refractivity contribution in [3.05, 3.63) is 42.7 Å². The molecule has 0 aliphatic rings. The third kappa shape index (κ3) is 1.64. The van der Waals surface area contributed by atoms with Crippen LogP contribution in [0.4, 0.5) is 0 Å². The van der Waals surface area contributed by atoms with E-state index < -0.39 is 0 Å².